The summed E-state index contributed by atoms with van der Waals surface area (Å²) in [5.74, 6) is 0.149. The Bertz CT molecular complexity index is 530. The van der Waals surface area contributed by atoms with Gasteiger partial charge in [0.1, 0.15) is 0 Å². The van der Waals surface area contributed by atoms with Gasteiger partial charge >= 0.3 is 0 Å². The SMILES string of the molecule is O=C(c1ccccc1)c1scc2c1CNC2. The van der Waals surface area contributed by atoms with E-state index >= 15 is 0 Å². The van der Waals surface area contributed by atoms with Gasteiger partial charge in [-0.05, 0) is 16.5 Å². The molecule has 0 bridgehead atoms. The van der Waals surface area contributed by atoms with Crippen LogP contribution < -0.4 is 5.32 Å². The molecule has 2 nitrogen and oxygen atoms in total. The predicted octanol–water partition coefficient (Wildman–Crippen LogP) is 2.58. The zero-order valence-corrected chi connectivity index (χ0v) is 9.51. The van der Waals surface area contributed by atoms with Gasteiger partial charge in [0.25, 0.3) is 0 Å². The van der Waals surface area contributed by atoms with E-state index in [0.717, 1.165) is 23.5 Å². The van der Waals surface area contributed by atoms with Crippen LogP contribution in [0.1, 0.15) is 26.4 Å². The van der Waals surface area contributed by atoms with Gasteiger partial charge in [0.2, 0.25) is 5.78 Å². The summed E-state index contributed by atoms with van der Waals surface area (Å²) in [4.78, 5) is 13.1. The van der Waals surface area contributed by atoms with E-state index in [1.807, 2.05) is 30.3 Å². The van der Waals surface area contributed by atoms with E-state index < -0.39 is 0 Å². The van der Waals surface area contributed by atoms with Crippen LogP contribution in [0.4, 0.5) is 0 Å². The van der Waals surface area contributed by atoms with Crippen molar-refractivity contribution in [1.29, 1.82) is 0 Å². The monoisotopic (exact) mass is 229 g/mol. The molecular formula is C13H11NOS. The topological polar surface area (TPSA) is 29.1 Å². The summed E-state index contributed by atoms with van der Waals surface area (Å²) in [6.45, 7) is 1.72. The van der Waals surface area contributed by atoms with E-state index in [9.17, 15) is 4.79 Å². The van der Waals surface area contributed by atoms with Crippen molar-refractivity contribution in [3.05, 3.63) is 57.3 Å². The number of rotatable bonds is 2. The molecule has 0 atom stereocenters. The second-order valence-corrected chi connectivity index (χ2v) is 4.75. The predicted molar refractivity (Wildman–Crippen MR) is 64.7 cm³/mol. The Morgan fingerprint density at radius 2 is 2.00 bits per heavy atom. The van der Waals surface area contributed by atoms with Crippen LogP contribution in [0.15, 0.2) is 35.7 Å². The van der Waals surface area contributed by atoms with Crippen molar-refractivity contribution in [1.82, 2.24) is 5.32 Å². The molecule has 0 aliphatic carbocycles. The second kappa shape index (κ2) is 3.85. The fourth-order valence-corrected chi connectivity index (χ4v) is 3.05. The average molecular weight is 229 g/mol. The lowest BCUT2D eigenvalue weighted by Crippen LogP contribution is -2.05. The number of nitrogens with one attached hydrogen (secondary N) is 1. The first-order valence-corrected chi connectivity index (χ1v) is 6.14. The molecular weight excluding hydrogens is 218 g/mol. The van der Waals surface area contributed by atoms with Gasteiger partial charge in [-0.1, -0.05) is 30.3 Å². The zero-order valence-electron chi connectivity index (χ0n) is 8.69. The lowest BCUT2D eigenvalue weighted by atomic mass is 10.1. The van der Waals surface area contributed by atoms with E-state index in [1.165, 1.54) is 11.1 Å². The molecule has 3 rings (SSSR count). The molecule has 0 unspecified atom stereocenters. The fraction of sp³-hybridized carbons (Fsp3) is 0.154. The minimum absolute atomic E-state index is 0.149. The van der Waals surface area contributed by atoms with Crippen molar-refractivity contribution in [2.75, 3.05) is 0 Å². The van der Waals surface area contributed by atoms with Gasteiger partial charge in [0.15, 0.2) is 0 Å². The standard InChI is InChI=1S/C13H11NOS/c15-12(9-4-2-1-3-5-9)13-11-7-14-6-10(11)8-16-13/h1-5,8,14H,6-7H2. The first-order valence-electron chi connectivity index (χ1n) is 5.26. The highest BCUT2D eigenvalue weighted by atomic mass is 32.1. The van der Waals surface area contributed by atoms with Gasteiger partial charge in [-0.15, -0.1) is 11.3 Å². The van der Waals surface area contributed by atoms with Crippen LogP contribution in [-0.2, 0) is 13.1 Å². The van der Waals surface area contributed by atoms with Gasteiger partial charge in [0, 0.05) is 18.7 Å². The largest absolute Gasteiger partial charge is 0.309 e. The first kappa shape index (κ1) is 9.75. The van der Waals surface area contributed by atoms with Crippen molar-refractivity contribution < 1.29 is 4.79 Å². The number of hydrogen-bond donors (Lipinski definition) is 1. The Morgan fingerprint density at radius 1 is 1.19 bits per heavy atom. The van der Waals surface area contributed by atoms with Crippen molar-refractivity contribution >= 4 is 17.1 Å². The van der Waals surface area contributed by atoms with Gasteiger partial charge in [-0.2, -0.15) is 0 Å². The molecule has 0 fully saturated rings. The van der Waals surface area contributed by atoms with Crippen LogP contribution in [0, 0.1) is 0 Å². The maximum atomic E-state index is 12.2. The zero-order chi connectivity index (χ0) is 11.0. The number of fused-ring (bicyclic) bond motifs is 1. The highest BCUT2D eigenvalue weighted by molar-refractivity contribution is 7.12. The number of hydrogen-bond acceptors (Lipinski definition) is 3. The molecule has 3 heteroatoms. The van der Waals surface area contributed by atoms with Crippen molar-refractivity contribution in [2.24, 2.45) is 0 Å². The van der Waals surface area contributed by atoms with E-state index in [1.54, 1.807) is 11.3 Å². The molecule has 1 aliphatic rings. The molecule has 1 N–H and O–H groups in total. The van der Waals surface area contributed by atoms with Crippen molar-refractivity contribution in [3.63, 3.8) is 0 Å². The van der Waals surface area contributed by atoms with Crippen LogP contribution in [0.3, 0.4) is 0 Å². The Hall–Kier alpha value is -1.45. The molecule has 0 spiro atoms. The van der Waals surface area contributed by atoms with E-state index in [2.05, 4.69) is 10.7 Å². The molecule has 0 saturated carbocycles. The number of carbonyl (C=O) groups excluding carboxylic acids is 1. The third kappa shape index (κ3) is 1.49. The first-order chi connectivity index (χ1) is 7.86. The van der Waals surface area contributed by atoms with E-state index in [-0.39, 0.29) is 5.78 Å². The maximum absolute atomic E-state index is 12.2. The lowest BCUT2D eigenvalue weighted by molar-refractivity contribution is 0.104. The Kier molecular flexibility index (Phi) is 2.35. The third-order valence-electron chi connectivity index (χ3n) is 2.84. The van der Waals surface area contributed by atoms with Crippen molar-refractivity contribution in [3.8, 4) is 0 Å². The number of ketones is 1. The highest BCUT2D eigenvalue weighted by Crippen LogP contribution is 2.28. The summed E-state index contributed by atoms with van der Waals surface area (Å²) in [5.41, 5.74) is 3.25. The Labute approximate surface area is 97.9 Å². The van der Waals surface area contributed by atoms with Crippen LogP contribution in [0.2, 0.25) is 0 Å². The maximum Gasteiger partial charge on any atom is 0.203 e. The molecule has 0 amide bonds. The average Bonchev–Trinajstić information content (AvgIpc) is 2.91. The summed E-state index contributed by atoms with van der Waals surface area (Å²) in [5, 5.41) is 5.36. The summed E-state index contributed by atoms with van der Waals surface area (Å²) in [6.07, 6.45) is 0. The van der Waals surface area contributed by atoms with Crippen LogP contribution >= 0.6 is 11.3 Å². The Balaban J connectivity index is 2.02. The van der Waals surface area contributed by atoms with Gasteiger partial charge in [-0.25, -0.2) is 0 Å². The number of carbonyl (C=O) groups is 1. The minimum atomic E-state index is 0.149. The lowest BCUT2D eigenvalue weighted by Gasteiger charge is -2.00. The smallest absolute Gasteiger partial charge is 0.203 e. The number of thiophene rings is 1. The van der Waals surface area contributed by atoms with Crippen LogP contribution in [0.5, 0.6) is 0 Å². The molecule has 16 heavy (non-hydrogen) atoms. The third-order valence-corrected chi connectivity index (χ3v) is 3.91. The van der Waals surface area contributed by atoms with E-state index in [4.69, 9.17) is 0 Å². The van der Waals surface area contributed by atoms with Gasteiger partial charge < -0.3 is 5.32 Å². The summed E-state index contributed by atoms with van der Waals surface area (Å²) in [7, 11) is 0. The summed E-state index contributed by atoms with van der Waals surface area (Å²) >= 11 is 1.57. The quantitative estimate of drug-likeness (QED) is 0.802. The molecule has 1 aromatic heterocycles. The molecule has 0 radical (unpaired) electrons. The molecule has 1 aromatic carbocycles. The fourth-order valence-electron chi connectivity index (χ4n) is 1.99. The normalized spacial score (nSPS) is 13.8. The van der Waals surface area contributed by atoms with Crippen LogP contribution in [-0.4, -0.2) is 5.78 Å². The molecule has 2 aromatic rings. The molecule has 1 aliphatic heterocycles. The van der Waals surface area contributed by atoms with Gasteiger partial charge in [-0.3, -0.25) is 4.79 Å². The summed E-state index contributed by atoms with van der Waals surface area (Å²) < 4.78 is 0. The number of benzene rings is 1. The van der Waals surface area contributed by atoms with E-state index in [0.29, 0.717) is 0 Å². The molecule has 80 valence electrons. The second-order valence-electron chi connectivity index (χ2n) is 3.87. The molecule has 0 saturated heterocycles. The highest BCUT2D eigenvalue weighted by Gasteiger charge is 2.21. The summed E-state index contributed by atoms with van der Waals surface area (Å²) in [6, 6.07) is 9.48. The van der Waals surface area contributed by atoms with Gasteiger partial charge in [0.05, 0.1) is 4.88 Å². The minimum Gasteiger partial charge on any atom is -0.309 e. The Morgan fingerprint density at radius 3 is 2.81 bits per heavy atom. The van der Waals surface area contributed by atoms with Crippen LogP contribution in [0.25, 0.3) is 0 Å². The van der Waals surface area contributed by atoms with Crippen molar-refractivity contribution in [2.45, 2.75) is 13.1 Å². The molecule has 2 heterocycles.